The monoisotopic (exact) mass is 342 g/mol. The number of hydrogen-bond donors (Lipinski definition) is 2. The van der Waals surface area contributed by atoms with E-state index in [0.29, 0.717) is 0 Å². The van der Waals surface area contributed by atoms with Gasteiger partial charge in [-0.25, -0.2) is 0 Å². The molecule has 24 heavy (non-hydrogen) atoms. The molecule has 3 aromatic rings. The van der Waals surface area contributed by atoms with Gasteiger partial charge < -0.3 is 14.9 Å². The van der Waals surface area contributed by atoms with Crippen LogP contribution in [-0.4, -0.2) is 28.4 Å². The first-order chi connectivity index (χ1) is 11.5. The van der Waals surface area contributed by atoms with Crippen LogP contribution >= 0.6 is 11.3 Å². The van der Waals surface area contributed by atoms with E-state index in [1.54, 1.807) is 11.3 Å². The normalized spacial score (nSPS) is 12.9. The summed E-state index contributed by atoms with van der Waals surface area (Å²) < 4.78 is 7.93. The van der Waals surface area contributed by atoms with Crippen molar-refractivity contribution in [3.05, 3.63) is 53.6 Å². The van der Waals surface area contributed by atoms with E-state index in [-0.39, 0.29) is 22.6 Å². The summed E-state index contributed by atoms with van der Waals surface area (Å²) in [4.78, 5) is 22.6. The second kappa shape index (κ2) is 6.33. The Morgan fingerprint density at radius 2 is 1.54 bits per heavy atom. The molecule has 0 radical (unpaired) electrons. The third kappa shape index (κ3) is 2.83. The number of ether oxygens (including phenoxy) is 1. The molecule has 4 rings (SSSR count). The van der Waals surface area contributed by atoms with Crippen molar-refractivity contribution in [2.75, 3.05) is 6.61 Å². The molecule has 6 heteroatoms. The second-order valence-corrected chi connectivity index (χ2v) is 6.17. The minimum absolute atomic E-state index is 0.127. The molecule has 2 heterocycles. The number of benzene rings is 2. The lowest BCUT2D eigenvalue weighted by atomic mass is 9.93. The summed E-state index contributed by atoms with van der Waals surface area (Å²) in [6.45, 7) is 2.77. The van der Waals surface area contributed by atoms with Gasteiger partial charge in [0.2, 0.25) is 0 Å². The fraction of sp³-hybridized carbons (Fsp3) is 0.111. The van der Waals surface area contributed by atoms with Crippen LogP contribution in [0.4, 0.5) is 0 Å². The van der Waals surface area contributed by atoms with Crippen LogP contribution in [-0.2, 0) is 0 Å². The Bertz CT molecular complexity index is 895. The predicted octanol–water partition coefficient (Wildman–Crippen LogP) is 3.77. The molecule has 2 bridgehead atoms. The van der Waals surface area contributed by atoms with Gasteiger partial charge in [-0.1, -0.05) is 0 Å². The molecule has 1 aromatic carbocycles. The van der Waals surface area contributed by atoms with Crippen molar-refractivity contribution >= 4 is 32.3 Å². The molecule has 1 aliphatic rings. The molecule has 0 fully saturated rings. The quantitative estimate of drug-likeness (QED) is 0.693. The maximum Gasteiger partial charge on any atom is 0.190 e. The Morgan fingerprint density at radius 1 is 0.958 bits per heavy atom. The number of thiophene rings is 2. The van der Waals surface area contributed by atoms with Crippen LogP contribution in [0.15, 0.2) is 42.5 Å². The number of aromatic hydroxyl groups is 2. The molecule has 0 saturated carbocycles. The summed E-state index contributed by atoms with van der Waals surface area (Å²) in [5.74, 6) is -0.494. The van der Waals surface area contributed by atoms with Gasteiger partial charge >= 0.3 is 0 Å². The number of ketones is 2. The van der Waals surface area contributed by atoms with Crippen molar-refractivity contribution in [2.45, 2.75) is 6.92 Å². The van der Waals surface area contributed by atoms with Crippen molar-refractivity contribution in [3.8, 4) is 17.2 Å². The summed E-state index contributed by atoms with van der Waals surface area (Å²) in [6, 6.07) is 8.66. The molecule has 0 aliphatic heterocycles. The summed E-state index contributed by atoms with van der Waals surface area (Å²) >= 11 is 1.78. The Morgan fingerprint density at radius 3 is 1.96 bits per heavy atom. The Kier molecular flexibility index (Phi) is 4.22. The molecule has 0 amide bonds. The Labute approximate surface area is 141 Å². The molecule has 2 aromatic heterocycles. The van der Waals surface area contributed by atoms with Gasteiger partial charge in [0.25, 0.3) is 0 Å². The molecular formula is C18H14O5S. The number of carbonyl (C=O) groups is 2. The SMILES string of the molecule is CCOc1cc2ccc1s2.O=C1C=CC(=O)c2c(O)ccc(O)c21. The fourth-order valence-electron chi connectivity index (χ4n) is 2.43. The summed E-state index contributed by atoms with van der Waals surface area (Å²) in [5, 5.41) is 18.7. The van der Waals surface area contributed by atoms with Crippen LogP contribution in [0, 0.1) is 0 Å². The number of fused-ring (bicyclic) bond motifs is 3. The lowest BCUT2D eigenvalue weighted by Gasteiger charge is -2.11. The van der Waals surface area contributed by atoms with Gasteiger partial charge in [0.05, 0.1) is 22.4 Å². The number of allylic oxidation sites excluding steroid dienone is 2. The van der Waals surface area contributed by atoms with Gasteiger partial charge in [-0.3, -0.25) is 9.59 Å². The first-order valence-electron chi connectivity index (χ1n) is 7.27. The highest BCUT2D eigenvalue weighted by Crippen LogP contribution is 2.34. The van der Waals surface area contributed by atoms with E-state index < -0.39 is 11.6 Å². The highest BCUT2D eigenvalue weighted by molar-refractivity contribution is 7.24. The van der Waals surface area contributed by atoms with Crippen LogP contribution in [0.1, 0.15) is 27.6 Å². The van der Waals surface area contributed by atoms with Crippen molar-refractivity contribution in [1.29, 1.82) is 0 Å². The Hall–Kier alpha value is -2.86. The minimum atomic E-state index is -0.479. The van der Waals surface area contributed by atoms with Crippen LogP contribution in [0.3, 0.4) is 0 Å². The van der Waals surface area contributed by atoms with Gasteiger partial charge in [0.1, 0.15) is 17.2 Å². The van der Waals surface area contributed by atoms with Crippen molar-refractivity contribution in [2.24, 2.45) is 0 Å². The average Bonchev–Trinajstić information content (AvgIpc) is 3.17. The van der Waals surface area contributed by atoms with Crippen molar-refractivity contribution in [3.63, 3.8) is 0 Å². The number of carbonyl (C=O) groups excluding carboxylic acids is 2. The topological polar surface area (TPSA) is 83.8 Å². The Balaban J connectivity index is 0.000000149. The van der Waals surface area contributed by atoms with E-state index in [1.807, 2.05) is 6.92 Å². The summed E-state index contributed by atoms with van der Waals surface area (Å²) in [7, 11) is 0. The smallest absolute Gasteiger partial charge is 0.190 e. The van der Waals surface area contributed by atoms with Gasteiger partial charge in [0, 0.05) is 4.70 Å². The molecule has 122 valence electrons. The molecule has 0 atom stereocenters. The van der Waals surface area contributed by atoms with E-state index in [4.69, 9.17) is 4.74 Å². The molecular weight excluding hydrogens is 328 g/mol. The fourth-order valence-corrected chi connectivity index (χ4v) is 3.34. The zero-order chi connectivity index (χ0) is 17.3. The highest BCUT2D eigenvalue weighted by atomic mass is 32.1. The predicted molar refractivity (Wildman–Crippen MR) is 91.8 cm³/mol. The van der Waals surface area contributed by atoms with E-state index >= 15 is 0 Å². The highest BCUT2D eigenvalue weighted by Gasteiger charge is 2.25. The number of phenolic OH excluding ortho intramolecular Hbond substituents is 2. The van der Waals surface area contributed by atoms with E-state index in [2.05, 4.69) is 18.2 Å². The first kappa shape index (κ1) is 16.0. The maximum atomic E-state index is 11.3. The number of hydrogen-bond acceptors (Lipinski definition) is 6. The van der Waals surface area contributed by atoms with Crippen LogP contribution in [0.5, 0.6) is 17.2 Å². The molecule has 5 nitrogen and oxygen atoms in total. The van der Waals surface area contributed by atoms with Crippen LogP contribution in [0.2, 0.25) is 0 Å². The van der Waals surface area contributed by atoms with E-state index in [0.717, 1.165) is 24.5 Å². The number of phenols is 2. The van der Waals surface area contributed by atoms with E-state index in [9.17, 15) is 19.8 Å². The van der Waals surface area contributed by atoms with E-state index in [1.165, 1.54) is 21.5 Å². The third-order valence-corrected chi connectivity index (χ3v) is 4.53. The van der Waals surface area contributed by atoms with Gasteiger partial charge in [-0.15, -0.1) is 11.3 Å². The van der Waals surface area contributed by atoms with Gasteiger partial charge in [-0.05, 0) is 49.4 Å². The van der Waals surface area contributed by atoms with Crippen molar-refractivity contribution < 1.29 is 24.5 Å². The lowest BCUT2D eigenvalue weighted by molar-refractivity contribution is 0.0989. The summed E-state index contributed by atoms with van der Waals surface area (Å²) in [5.41, 5.74) is -0.255. The van der Waals surface area contributed by atoms with Crippen LogP contribution < -0.4 is 4.74 Å². The summed E-state index contributed by atoms with van der Waals surface area (Å²) in [6.07, 6.45) is 2.15. The molecule has 0 unspecified atom stereocenters. The zero-order valence-corrected chi connectivity index (χ0v) is 13.6. The minimum Gasteiger partial charge on any atom is -0.507 e. The second-order valence-electron chi connectivity index (χ2n) is 5.06. The average molecular weight is 342 g/mol. The third-order valence-electron chi connectivity index (χ3n) is 3.48. The molecule has 1 aliphatic carbocycles. The largest absolute Gasteiger partial charge is 0.507 e. The van der Waals surface area contributed by atoms with Gasteiger partial charge in [-0.2, -0.15) is 0 Å². The molecule has 0 saturated heterocycles. The van der Waals surface area contributed by atoms with Gasteiger partial charge in [0.15, 0.2) is 11.6 Å². The molecule has 2 N–H and O–H groups in total. The maximum absolute atomic E-state index is 11.3. The van der Waals surface area contributed by atoms with Crippen molar-refractivity contribution in [1.82, 2.24) is 0 Å². The lowest BCUT2D eigenvalue weighted by Crippen LogP contribution is -2.11. The zero-order valence-electron chi connectivity index (χ0n) is 12.8. The first-order valence-corrected chi connectivity index (χ1v) is 8.09. The molecule has 0 spiro atoms. The van der Waals surface area contributed by atoms with Crippen LogP contribution in [0.25, 0.3) is 9.40 Å². The standard InChI is InChI=1S/C10H6O4.C8H8OS/c11-5-1-2-6(12)10-8(14)4-3-7(13)9(5)10;1-2-9-7-5-6-3-4-8(7)10-6/h1-4,11-12H;3-5H,2H2,1H3. The number of rotatable bonds is 2.